The minimum absolute atomic E-state index is 0.456. The van der Waals surface area contributed by atoms with Crippen molar-refractivity contribution in [2.45, 2.75) is 38.6 Å². The molecule has 0 bridgehead atoms. The van der Waals surface area contributed by atoms with Crippen LogP contribution in [0.2, 0.25) is 0 Å². The Morgan fingerprint density at radius 2 is 2.21 bits per heavy atom. The highest BCUT2D eigenvalue weighted by Gasteiger charge is 2.41. The Balaban J connectivity index is 1.89. The van der Waals surface area contributed by atoms with Crippen molar-refractivity contribution in [2.75, 3.05) is 20.3 Å². The predicted octanol–water partition coefficient (Wildman–Crippen LogP) is 4.31. The third-order valence-electron chi connectivity index (χ3n) is 4.18. The minimum Gasteiger partial charge on any atom is -0.385 e. The number of methoxy groups -OCH3 is 1. The Morgan fingerprint density at radius 3 is 2.79 bits per heavy atom. The van der Waals surface area contributed by atoms with E-state index in [0.717, 1.165) is 24.0 Å². The highest BCUT2D eigenvalue weighted by Crippen LogP contribution is 2.48. The molecular formula is C16H24BrNO. The predicted molar refractivity (Wildman–Crippen MR) is 83.3 cm³/mol. The fourth-order valence-corrected chi connectivity index (χ4v) is 2.99. The van der Waals surface area contributed by atoms with E-state index < -0.39 is 0 Å². The summed E-state index contributed by atoms with van der Waals surface area (Å²) in [7, 11) is 1.79. The zero-order chi connectivity index (χ0) is 13.7. The van der Waals surface area contributed by atoms with Gasteiger partial charge in [0.15, 0.2) is 0 Å². The summed E-state index contributed by atoms with van der Waals surface area (Å²) in [6.45, 7) is 4.24. The number of benzene rings is 1. The summed E-state index contributed by atoms with van der Waals surface area (Å²) in [5.41, 5.74) is 1.88. The lowest BCUT2D eigenvalue weighted by Crippen LogP contribution is -2.28. The maximum Gasteiger partial charge on any atom is 0.0468 e. The number of ether oxygens (including phenoxy) is 1. The van der Waals surface area contributed by atoms with Crippen LogP contribution in [-0.2, 0) is 4.74 Å². The van der Waals surface area contributed by atoms with Crippen molar-refractivity contribution in [2.24, 2.45) is 5.41 Å². The molecule has 1 aliphatic carbocycles. The molecule has 2 nitrogen and oxygen atoms in total. The van der Waals surface area contributed by atoms with Crippen LogP contribution in [0, 0.1) is 5.41 Å². The van der Waals surface area contributed by atoms with E-state index in [1.54, 1.807) is 7.11 Å². The van der Waals surface area contributed by atoms with Crippen LogP contribution in [-0.4, -0.2) is 20.3 Å². The molecule has 2 rings (SSSR count). The molecule has 1 saturated carbocycles. The van der Waals surface area contributed by atoms with Crippen molar-refractivity contribution in [1.29, 1.82) is 0 Å². The van der Waals surface area contributed by atoms with E-state index in [-0.39, 0.29) is 0 Å². The standard InChI is InChI=1S/C16H24BrNO/c1-3-15(13-5-4-6-14(17)11-13)18-12-16(7-8-16)9-10-19-2/h4-6,11,15,18H,3,7-10,12H2,1-2H3. The number of halogens is 1. The molecule has 0 saturated heterocycles. The fourth-order valence-electron chi connectivity index (χ4n) is 2.57. The molecule has 0 aromatic heterocycles. The zero-order valence-corrected chi connectivity index (χ0v) is 13.5. The van der Waals surface area contributed by atoms with E-state index in [1.165, 1.54) is 24.8 Å². The quantitative estimate of drug-likeness (QED) is 0.769. The maximum absolute atomic E-state index is 5.22. The van der Waals surface area contributed by atoms with Crippen molar-refractivity contribution in [3.63, 3.8) is 0 Å². The first-order valence-electron chi connectivity index (χ1n) is 7.17. The highest BCUT2D eigenvalue weighted by atomic mass is 79.9. The first-order chi connectivity index (χ1) is 9.19. The summed E-state index contributed by atoms with van der Waals surface area (Å²) in [6, 6.07) is 9.08. The van der Waals surface area contributed by atoms with Crippen LogP contribution in [0.1, 0.15) is 44.2 Å². The largest absolute Gasteiger partial charge is 0.385 e. The second kappa shape index (κ2) is 6.87. The van der Waals surface area contributed by atoms with Gasteiger partial charge in [-0.15, -0.1) is 0 Å². The molecule has 0 radical (unpaired) electrons. The normalized spacial score (nSPS) is 18.3. The second-order valence-corrected chi connectivity index (χ2v) is 6.56. The molecule has 1 aromatic rings. The Hall–Kier alpha value is -0.380. The molecule has 0 heterocycles. The van der Waals surface area contributed by atoms with Gasteiger partial charge in [0.25, 0.3) is 0 Å². The molecule has 106 valence electrons. The third kappa shape index (κ3) is 4.30. The zero-order valence-electron chi connectivity index (χ0n) is 11.9. The highest BCUT2D eigenvalue weighted by molar-refractivity contribution is 9.10. The molecule has 0 spiro atoms. The Kier molecular flexibility index (Phi) is 5.43. The Labute approximate surface area is 125 Å². The van der Waals surface area contributed by atoms with Crippen LogP contribution in [0.4, 0.5) is 0 Å². The van der Waals surface area contributed by atoms with Gasteiger partial charge in [-0.2, -0.15) is 0 Å². The van der Waals surface area contributed by atoms with E-state index in [1.807, 2.05) is 0 Å². The minimum atomic E-state index is 0.456. The molecule has 0 amide bonds. The van der Waals surface area contributed by atoms with Crippen molar-refractivity contribution in [1.82, 2.24) is 5.32 Å². The van der Waals surface area contributed by atoms with Crippen molar-refractivity contribution >= 4 is 15.9 Å². The van der Waals surface area contributed by atoms with Gasteiger partial charge in [-0.1, -0.05) is 35.0 Å². The molecule has 1 aromatic carbocycles. The monoisotopic (exact) mass is 325 g/mol. The van der Waals surface area contributed by atoms with Crippen LogP contribution < -0.4 is 5.32 Å². The molecule has 1 fully saturated rings. The van der Waals surface area contributed by atoms with Gasteiger partial charge in [0.1, 0.15) is 0 Å². The van der Waals surface area contributed by atoms with E-state index in [4.69, 9.17) is 4.74 Å². The molecule has 1 aliphatic rings. The summed E-state index contributed by atoms with van der Waals surface area (Å²) in [4.78, 5) is 0. The topological polar surface area (TPSA) is 21.3 Å². The average Bonchev–Trinajstić information content (AvgIpc) is 3.18. The van der Waals surface area contributed by atoms with E-state index in [0.29, 0.717) is 11.5 Å². The van der Waals surface area contributed by atoms with E-state index in [2.05, 4.69) is 52.4 Å². The number of rotatable bonds is 8. The van der Waals surface area contributed by atoms with Gasteiger partial charge in [-0.3, -0.25) is 0 Å². The van der Waals surface area contributed by atoms with Gasteiger partial charge >= 0.3 is 0 Å². The maximum atomic E-state index is 5.22. The first kappa shape index (κ1) is 15.0. The van der Waals surface area contributed by atoms with Crippen LogP contribution in [0.25, 0.3) is 0 Å². The van der Waals surface area contributed by atoms with Crippen LogP contribution in [0.15, 0.2) is 28.7 Å². The Bertz CT molecular complexity index is 403. The number of hydrogen-bond acceptors (Lipinski definition) is 2. The SMILES string of the molecule is CCC(NCC1(CCOC)CC1)c1cccc(Br)c1. The van der Waals surface area contributed by atoms with Gasteiger partial charge in [-0.05, 0) is 48.8 Å². The van der Waals surface area contributed by atoms with Crippen molar-refractivity contribution < 1.29 is 4.74 Å². The number of hydrogen-bond donors (Lipinski definition) is 1. The summed E-state index contributed by atoms with van der Waals surface area (Å²) < 4.78 is 6.38. The summed E-state index contributed by atoms with van der Waals surface area (Å²) in [6.07, 6.45) is 5.00. The third-order valence-corrected chi connectivity index (χ3v) is 4.67. The molecule has 0 aliphatic heterocycles. The van der Waals surface area contributed by atoms with Gasteiger partial charge in [-0.25, -0.2) is 0 Å². The molecular weight excluding hydrogens is 302 g/mol. The average molecular weight is 326 g/mol. The lowest BCUT2D eigenvalue weighted by molar-refractivity contribution is 0.170. The first-order valence-corrected chi connectivity index (χ1v) is 7.96. The van der Waals surface area contributed by atoms with Gasteiger partial charge in [0, 0.05) is 30.8 Å². The lowest BCUT2D eigenvalue weighted by atomic mass is 10.00. The Morgan fingerprint density at radius 1 is 1.42 bits per heavy atom. The summed E-state index contributed by atoms with van der Waals surface area (Å²) in [5.74, 6) is 0. The van der Waals surface area contributed by atoms with Crippen molar-refractivity contribution in [3.8, 4) is 0 Å². The molecule has 1 unspecified atom stereocenters. The van der Waals surface area contributed by atoms with Crippen LogP contribution in [0.3, 0.4) is 0 Å². The van der Waals surface area contributed by atoms with Crippen molar-refractivity contribution in [3.05, 3.63) is 34.3 Å². The summed E-state index contributed by atoms with van der Waals surface area (Å²) >= 11 is 3.55. The molecule has 3 heteroatoms. The lowest BCUT2D eigenvalue weighted by Gasteiger charge is -2.22. The smallest absolute Gasteiger partial charge is 0.0468 e. The molecule has 19 heavy (non-hydrogen) atoms. The van der Waals surface area contributed by atoms with E-state index >= 15 is 0 Å². The van der Waals surface area contributed by atoms with Gasteiger partial charge in [0.05, 0.1) is 0 Å². The van der Waals surface area contributed by atoms with Crippen LogP contribution >= 0.6 is 15.9 Å². The summed E-state index contributed by atoms with van der Waals surface area (Å²) in [5, 5.41) is 3.75. The second-order valence-electron chi connectivity index (χ2n) is 5.64. The van der Waals surface area contributed by atoms with Gasteiger partial charge < -0.3 is 10.1 Å². The molecule has 1 N–H and O–H groups in total. The van der Waals surface area contributed by atoms with Gasteiger partial charge in [0.2, 0.25) is 0 Å². The fraction of sp³-hybridized carbons (Fsp3) is 0.625. The number of nitrogens with one attached hydrogen (secondary N) is 1. The van der Waals surface area contributed by atoms with Crippen LogP contribution in [0.5, 0.6) is 0 Å². The van der Waals surface area contributed by atoms with E-state index in [9.17, 15) is 0 Å². The molecule has 1 atom stereocenters.